The van der Waals surface area contributed by atoms with E-state index in [0.29, 0.717) is 0 Å². The molecule has 0 N–H and O–H groups in total. The summed E-state index contributed by atoms with van der Waals surface area (Å²) in [6.45, 7) is 2.17. The van der Waals surface area contributed by atoms with Crippen molar-refractivity contribution in [2.75, 3.05) is 0 Å². The maximum Gasteiger partial charge on any atom is 0.0928 e. The number of allylic oxidation sites excluding steroid dienone is 2. The standard InChI is InChI=1S/C10H13NS/c1-2-10-11-8-6-4-3-5-7-9(8)12-10/h3-4H,2,5-7H2,1H3. The zero-order valence-electron chi connectivity index (χ0n) is 7.34. The SMILES string of the molecule is CCc1nc2c(s1)CCC=CC2. The molecule has 1 heterocycles. The van der Waals surface area contributed by atoms with Crippen molar-refractivity contribution in [2.24, 2.45) is 0 Å². The average Bonchev–Trinajstić information content (AvgIpc) is 2.37. The first kappa shape index (κ1) is 7.99. The summed E-state index contributed by atoms with van der Waals surface area (Å²) in [7, 11) is 0. The number of hydrogen-bond acceptors (Lipinski definition) is 2. The van der Waals surface area contributed by atoms with Crippen LogP contribution < -0.4 is 0 Å². The van der Waals surface area contributed by atoms with E-state index in [0.717, 1.165) is 12.8 Å². The smallest absolute Gasteiger partial charge is 0.0928 e. The predicted molar refractivity (Wildman–Crippen MR) is 52.7 cm³/mol. The van der Waals surface area contributed by atoms with Crippen LogP contribution in [0, 0.1) is 0 Å². The maximum atomic E-state index is 4.60. The van der Waals surface area contributed by atoms with Crippen LogP contribution >= 0.6 is 11.3 Å². The number of fused-ring (bicyclic) bond motifs is 1. The minimum atomic E-state index is 1.05. The molecular weight excluding hydrogens is 166 g/mol. The number of aromatic nitrogens is 1. The van der Waals surface area contributed by atoms with Gasteiger partial charge < -0.3 is 0 Å². The van der Waals surface area contributed by atoms with Crippen molar-refractivity contribution < 1.29 is 0 Å². The van der Waals surface area contributed by atoms with Crippen LogP contribution in [-0.2, 0) is 19.3 Å². The van der Waals surface area contributed by atoms with E-state index in [9.17, 15) is 0 Å². The second kappa shape index (κ2) is 3.40. The molecule has 64 valence electrons. The molecule has 1 aliphatic rings. The number of nitrogens with zero attached hydrogens (tertiary/aromatic N) is 1. The summed E-state index contributed by atoms with van der Waals surface area (Å²) in [6.07, 6.45) is 9.03. The lowest BCUT2D eigenvalue weighted by molar-refractivity contribution is 0.999. The molecule has 0 atom stereocenters. The third-order valence-corrected chi connectivity index (χ3v) is 3.44. The van der Waals surface area contributed by atoms with Gasteiger partial charge in [-0.05, 0) is 19.3 Å². The Morgan fingerprint density at radius 3 is 3.25 bits per heavy atom. The van der Waals surface area contributed by atoms with Crippen molar-refractivity contribution in [2.45, 2.75) is 32.6 Å². The topological polar surface area (TPSA) is 12.9 Å². The third kappa shape index (κ3) is 1.44. The lowest BCUT2D eigenvalue weighted by atomic mass is 10.2. The Balaban J connectivity index is 2.32. The third-order valence-electron chi connectivity index (χ3n) is 2.14. The Morgan fingerprint density at radius 1 is 1.50 bits per heavy atom. The van der Waals surface area contributed by atoms with Gasteiger partial charge >= 0.3 is 0 Å². The first-order chi connectivity index (χ1) is 5.90. The van der Waals surface area contributed by atoms with Crippen LogP contribution in [0.1, 0.15) is 28.9 Å². The van der Waals surface area contributed by atoms with Crippen LogP contribution in [0.25, 0.3) is 0 Å². The monoisotopic (exact) mass is 179 g/mol. The molecule has 1 nitrogen and oxygen atoms in total. The molecule has 0 spiro atoms. The molecule has 2 heteroatoms. The molecule has 0 saturated carbocycles. The van der Waals surface area contributed by atoms with Gasteiger partial charge in [0.2, 0.25) is 0 Å². The van der Waals surface area contributed by atoms with E-state index in [1.807, 2.05) is 11.3 Å². The molecular formula is C10H13NS. The van der Waals surface area contributed by atoms with Gasteiger partial charge in [0.05, 0.1) is 10.7 Å². The largest absolute Gasteiger partial charge is 0.246 e. The van der Waals surface area contributed by atoms with E-state index in [1.54, 1.807) is 0 Å². The summed E-state index contributed by atoms with van der Waals surface area (Å²) >= 11 is 1.90. The van der Waals surface area contributed by atoms with E-state index in [1.165, 1.54) is 28.4 Å². The Morgan fingerprint density at radius 2 is 2.42 bits per heavy atom. The summed E-state index contributed by atoms with van der Waals surface area (Å²) < 4.78 is 0. The first-order valence-corrected chi connectivity index (χ1v) is 5.34. The quantitative estimate of drug-likeness (QED) is 0.604. The van der Waals surface area contributed by atoms with E-state index in [2.05, 4.69) is 24.1 Å². The number of rotatable bonds is 1. The summed E-state index contributed by atoms with van der Waals surface area (Å²) in [5.74, 6) is 0. The van der Waals surface area contributed by atoms with Gasteiger partial charge in [-0.3, -0.25) is 0 Å². The van der Waals surface area contributed by atoms with Gasteiger partial charge in [0, 0.05) is 11.3 Å². The van der Waals surface area contributed by atoms with Crippen molar-refractivity contribution in [1.82, 2.24) is 4.98 Å². The van der Waals surface area contributed by atoms with Crippen LogP contribution in [0.15, 0.2) is 12.2 Å². The van der Waals surface area contributed by atoms with Crippen LogP contribution in [-0.4, -0.2) is 4.98 Å². The Bertz CT molecular complexity index is 299. The zero-order chi connectivity index (χ0) is 8.39. The van der Waals surface area contributed by atoms with Gasteiger partial charge in [-0.25, -0.2) is 4.98 Å². The molecule has 0 saturated heterocycles. The van der Waals surface area contributed by atoms with Crippen molar-refractivity contribution in [3.05, 3.63) is 27.7 Å². The molecule has 12 heavy (non-hydrogen) atoms. The number of thiazole rings is 1. The van der Waals surface area contributed by atoms with Crippen molar-refractivity contribution in [3.8, 4) is 0 Å². The molecule has 0 aromatic carbocycles. The van der Waals surface area contributed by atoms with E-state index < -0.39 is 0 Å². The van der Waals surface area contributed by atoms with Gasteiger partial charge in [0.1, 0.15) is 0 Å². The van der Waals surface area contributed by atoms with Crippen molar-refractivity contribution in [3.63, 3.8) is 0 Å². The predicted octanol–water partition coefficient (Wildman–Crippen LogP) is 2.75. The highest BCUT2D eigenvalue weighted by molar-refractivity contribution is 7.11. The number of aryl methyl sites for hydroxylation is 2. The van der Waals surface area contributed by atoms with Gasteiger partial charge in [0.15, 0.2) is 0 Å². The summed E-state index contributed by atoms with van der Waals surface area (Å²) in [6, 6.07) is 0. The lowest BCUT2D eigenvalue weighted by Crippen LogP contribution is -1.85. The first-order valence-electron chi connectivity index (χ1n) is 4.52. The fourth-order valence-corrected chi connectivity index (χ4v) is 2.52. The van der Waals surface area contributed by atoms with E-state index in [-0.39, 0.29) is 0 Å². The minimum Gasteiger partial charge on any atom is -0.246 e. The Labute approximate surface area is 77.2 Å². The van der Waals surface area contributed by atoms with Gasteiger partial charge in [0.25, 0.3) is 0 Å². The minimum absolute atomic E-state index is 1.05. The fourth-order valence-electron chi connectivity index (χ4n) is 1.47. The van der Waals surface area contributed by atoms with Crippen LogP contribution in [0.4, 0.5) is 0 Å². The van der Waals surface area contributed by atoms with Crippen LogP contribution in [0.2, 0.25) is 0 Å². The lowest BCUT2D eigenvalue weighted by Gasteiger charge is -1.90. The fraction of sp³-hybridized carbons (Fsp3) is 0.500. The molecule has 0 radical (unpaired) electrons. The van der Waals surface area contributed by atoms with Crippen molar-refractivity contribution >= 4 is 11.3 Å². The maximum absolute atomic E-state index is 4.60. The highest BCUT2D eigenvalue weighted by atomic mass is 32.1. The molecule has 0 unspecified atom stereocenters. The Hall–Kier alpha value is -0.630. The van der Waals surface area contributed by atoms with Gasteiger partial charge in [-0.2, -0.15) is 0 Å². The highest BCUT2D eigenvalue weighted by Crippen LogP contribution is 2.23. The van der Waals surface area contributed by atoms with Gasteiger partial charge in [-0.15, -0.1) is 11.3 Å². The summed E-state index contributed by atoms with van der Waals surface area (Å²) in [4.78, 5) is 6.11. The van der Waals surface area contributed by atoms with Crippen LogP contribution in [0.5, 0.6) is 0 Å². The normalized spacial score (nSPS) is 15.8. The summed E-state index contributed by atoms with van der Waals surface area (Å²) in [5.41, 5.74) is 1.32. The molecule has 1 aliphatic carbocycles. The molecule has 0 aliphatic heterocycles. The second-order valence-electron chi connectivity index (χ2n) is 3.05. The molecule has 0 fully saturated rings. The van der Waals surface area contributed by atoms with Crippen LogP contribution in [0.3, 0.4) is 0 Å². The van der Waals surface area contributed by atoms with E-state index >= 15 is 0 Å². The molecule has 0 amide bonds. The molecule has 2 rings (SSSR count). The highest BCUT2D eigenvalue weighted by Gasteiger charge is 2.09. The summed E-state index contributed by atoms with van der Waals surface area (Å²) in [5, 5.41) is 1.30. The molecule has 0 bridgehead atoms. The Kier molecular flexibility index (Phi) is 2.26. The van der Waals surface area contributed by atoms with Crippen molar-refractivity contribution in [1.29, 1.82) is 0 Å². The molecule has 1 aromatic heterocycles. The average molecular weight is 179 g/mol. The molecule has 1 aromatic rings. The number of hydrogen-bond donors (Lipinski definition) is 0. The second-order valence-corrected chi connectivity index (χ2v) is 4.21. The zero-order valence-corrected chi connectivity index (χ0v) is 8.16. The van der Waals surface area contributed by atoms with Gasteiger partial charge in [-0.1, -0.05) is 19.1 Å². The van der Waals surface area contributed by atoms with E-state index in [4.69, 9.17) is 0 Å².